The molecule has 1 aromatic carbocycles. The van der Waals surface area contributed by atoms with Gasteiger partial charge in [0, 0.05) is 12.3 Å². The number of nitro benzene ring substituents is 1. The van der Waals surface area contributed by atoms with Gasteiger partial charge in [0.05, 0.1) is 16.2 Å². The summed E-state index contributed by atoms with van der Waals surface area (Å²) in [7, 11) is 0. The summed E-state index contributed by atoms with van der Waals surface area (Å²) in [5.41, 5.74) is 0.958. The lowest BCUT2D eigenvalue weighted by Crippen LogP contribution is -1.92. The van der Waals surface area contributed by atoms with E-state index in [0.29, 0.717) is 16.8 Å². The van der Waals surface area contributed by atoms with Crippen molar-refractivity contribution >= 4 is 17.8 Å². The first-order chi connectivity index (χ1) is 9.60. The van der Waals surface area contributed by atoms with E-state index in [4.69, 9.17) is 5.26 Å². The standard InChI is InChI=1S/C14H8FN3O2/c15-13-6-3-10(7-14(13)18(19)20)1-4-12-5-2-11(8-16)9-17-12/h1-7,9H. The number of nitro groups is 1. The number of rotatable bonds is 3. The molecule has 98 valence electrons. The molecule has 0 radical (unpaired) electrons. The largest absolute Gasteiger partial charge is 0.305 e. The summed E-state index contributed by atoms with van der Waals surface area (Å²) >= 11 is 0. The van der Waals surface area contributed by atoms with Crippen LogP contribution in [0.25, 0.3) is 12.2 Å². The highest BCUT2D eigenvalue weighted by Crippen LogP contribution is 2.19. The van der Waals surface area contributed by atoms with Crippen molar-refractivity contribution in [2.75, 3.05) is 0 Å². The highest BCUT2D eigenvalue weighted by atomic mass is 19.1. The monoisotopic (exact) mass is 269 g/mol. The zero-order valence-electron chi connectivity index (χ0n) is 10.2. The van der Waals surface area contributed by atoms with Crippen LogP contribution in [0.1, 0.15) is 16.8 Å². The fourth-order valence-corrected chi connectivity index (χ4v) is 1.52. The van der Waals surface area contributed by atoms with Gasteiger partial charge >= 0.3 is 5.69 Å². The molecule has 0 atom stereocenters. The van der Waals surface area contributed by atoms with Gasteiger partial charge in [0.2, 0.25) is 5.82 Å². The molecule has 0 saturated heterocycles. The first-order valence-electron chi connectivity index (χ1n) is 5.58. The van der Waals surface area contributed by atoms with Crippen LogP contribution < -0.4 is 0 Å². The van der Waals surface area contributed by atoms with E-state index in [1.165, 1.54) is 12.3 Å². The number of pyridine rings is 1. The van der Waals surface area contributed by atoms with Crippen LogP contribution in [0.4, 0.5) is 10.1 Å². The summed E-state index contributed by atoms with van der Waals surface area (Å²) in [5.74, 6) is -0.872. The highest BCUT2D eigenvalue weighted by molar-refractivity contribution is 5.69. The normalized spacial score (nSPS) is 10.4. The predicted molar refractivity (Wildman–Crippen MR) is 70.9 cm³/mol. The second-order valence-corrected chi connectivity index (χ2v) is 3.88. The van der Waals surface area contributed by atoms with Crippen LogP contribution in [0, 0.1) is 27.3 Å². The van der Waals surface area contributed by atoms with E-state index in [2.05, 4.69) is 4.98 Å². The molecule has 2 rings (SSSR count). The Morgan fingerprint density at radius 1 is 1.30 bits per heavy atom. The zero-order chi connectivity index (χ0) is 14.5. The Morgan fingerprint density at radius 3 is 2.70 bits per heavy atom. The third kappa shape index (κ3) is 3.03. The lowest BCUT2D eigenvalue weighted by Gasteiger charge is -1.97. The maximum absolute atomic E-state index is 13.2. The molecule has 0 aliphatic heterocycles. The quantitative estimate of drug-likeness (QED) is 0.633. The minimum absolute atomic E-state index is 0.444. The Kier molecular flexibility index (Phi) is 3.82. The second kappa shape index (κ2) is 5.71. The third-order valence-corrected chi connectivity index (χ3v) is 2.53. The molecule has 0 unspecified atom stereocenters. The Morgan fingerprint density at radius 2 is 2.10 bits per heavy atom. The summed E-state index contributed by atoms with van der Waals surface area (Å²) in [6.07, 6.45) is 4.63. The number of hydrogen-bond acceptors (Lipinski definition) is 4. The number of nitrogens with zero attached hydrogens (tertiary/aromatic N) is 3. The summed E-state index contributed by atoms with van der Waals surface area (Å²) in [5, 5.41) is 19.3. The first kappa shape index (κ1) is 13.4. The van der Waals surface area contributed by atoms with Crippen LogP contribution in [-0.4, -0.2) is 9.91 Å². The molecule has 1 aromatic heterocycles. The molecule has 6 heteroatoms. The lowest BCUT2D eigenvalue weighted by atomic mass is 10.1. The van der Waals surface area contributed by atoms with Gasteiger partial charge in [0.25, 0.3) is 0 Å². The average molecular weight is 269 g/mol. The van der Waals surface area contributed by atoms with Crippen molar-refractivity contribution in [3.63, 3.8) is 0 Å². The van der Waals surface area contributed by atoms with Gasteiger partial charge < -0.3 is 0 Å². The van der Waals surface area contributed by atoms with Gasteiger partial charge in [-0.2, -0.15) is 9.65 Å². The lowest BCUT2D eigenvalue weighted by molar-refractivity contribution is -0.387. The van der Waals surface area contributed by atoms with Crippen molar-refractivity contribution < 1.29 is 9.31 Å². The zero-order valence-corrected chi connectivity index (χ0v) is 10.2. The molecule has 20 heavy (non-hydrogen) atoms. The van der Waals surface area contributed by atoms with Gasteiger partial charge in [-0.15, -0.1) is 0 Å². The van der Waals surface area contributed by atoms with Gasteiger partial charge in [-0.3, -0.25) is 15.1 Å². The topological polar surface area (TPSA) is 79.8 Å². The van der Waals surface area contributed by atoms with Crippen LogP contribution in [0.3, 0.4) is 0 Å². The molecule has 0 saturated carbocycles. The van der Waals surface area contributed by atoms with Gasteiger partial charge in [0.15, 0.2) is 0 Å². The van der Waals surface area contributed by atoms with E-state index in [1.807, 2.05) is 6.07 Å². The number of benzene rings is 1. The van der Waals surface area contributed by atoms with E-state index >= 15 is 0 Å². The molecule has 0 N–H and O–H groups in total. The minimum Gasteiger partial charge on any atom is -0.258 e. The molecule has 0 spiro atoms. The molecule has 0 fully saturated rings. The van der Waals surface area contributed by atoms with E-state index < -0.39 is 16.4 Å². The maximum Gasteiger partial charge on any atom is 0.305 e. The van der Waals surface area contributed by atoms with Crippen LogP contribution >= 0.6 is 0 Å². The van der Waals surface area contributed by atoms with Gasteiger partial charge in [-0.25, -0.2) is 0 Å². The van der Waals surface area contributed by atoms with Crippen molar-refractivity contribution in [1.82, 2.24) is 4.98 Å². The Bertz CT molecular complexity index is 718. The second-order valence-electron chi connectivity index (χ2n) is 3.88. The Balaban J connectivity index is 2.25. The van der Waals surface area contributed by atoms with Crippen molar-refractivity contribution in [3.8, 4) is 6.07 Å². The van der Waals surface area contributed by atoms with E-state index in [0.717, 1.165) is 12.1 Å². The van der Waals surface area contributed by atoms with Crippen LogP contribution in [0.15, 0.2) is 36.5 Å². The number of hydrogen-bond donors (Lipinski definition) is 0. The SMILES string of the molecule is N#Cc1ccc(C=Cc2ccc(F)c([N+](=O)[O-])c2)nc1. The Labute approximate surface area is 113 Å². The summed E-state index contributed by atoms with van der Waals surface area (Å²) in [4.78, 5) is 13.9. The number of nitriles is 1. The summed E-state index contributed by atoms with van der Waals surface area (Å²) in [6, 6.07) is 8.83. The van der Waals surface area contributed by atoms with E-state index in [-0.39, 0.29) is 0 Å². The fourth-order valence-electron chi connectivity index (χ4n) is 1.52. The Hall–Kier alpha value is -3.07. The van der Waals surface area contributed by atoms with Crippen molar-refractivity contribution in [3.05, 3.63) is 69.3 Å². The average Bonchev–Trinajstić information content (AvgIpc) is 2.46. The van der Waals surface area contributed by atoms with Gasteiger partial charge in [-0.1, -0.05) is 12.1 Å². The number of halogens is 1. The smallest absolute Gasteiger partial charge is 0.258 e. The van der Waals surface area contributed by atoms with E-state index in [1.54, 1.807) is 24.3 Å². The van der Waals surface area contributed by atoms with Crippen molar-refractivity contribution in [2.24, 2.45) is 0 Å². The van der Waals surface area contributed by atoms with Crippen LogP contribution in [-0.2, 0) is 0 Å². The molecular weight excluding hydrogens is 261 g/mol. The fraction of sp³-hybridized carbons (Fsp3) is 0. The molecule has 0 bridgehead atoms. The summed E-state index contributed by atoms with van der Waals surface area (Å²) in [6.45, 7) is 0. The molecule has 1 heterocycles. The molecule has 0 aliphatic carbocycles. The predicted octanol–water partition coefficient (Wildman–Crippen LogP) is 3.17. The highest BCUT2D eigenvalue weighted by Gasteiger charge is 2.13. The number of aromatic nitrogens is 1. The van der Waals surface area contributed by atoms with Gasteiger partial charge in [0.1, 0.15) is 6.07 Å². The minimum atomic E-state index is -0.872. The van der Waals surface area contributed by atoms with Crippen LogP contribution in [0.2, 0.25) is 0 Å². The van der Waals surface area contributed by atoms with Crippen LogP contribution in [0.5, 0.6) is 0 Å². The first-order valence-corrected chi connectivity index (χ1v) is 5.58. The third-order valence-electron chi connectivity index (χ3n) is 2.53. The maximum atomic E-state index is 13.2. The van der Waals surface area contributed by atoms with Gasteiger partial charge in [-0.05, 0) is 29.8 Å². The molecule has 0 aliphatic rings. The summed E-state index contributed by atoms with van der Waals surface area (Å²) < 4.78 is 13.2. The molecule has 5 nitrogen and oxygen atoms in total. The molecular formula is C14H8FN3O2. The molecule has 2 aromatic rings. The van der Waals surface area contributed by atoms with Crippen molar-refractivity contribution in [1.29, 1.82) is 5.26 Å². The van der Waals surface area contributed by atoms with E-state index in [9.17, 15) is 14.5 Å². The molecule has 0 amide bonds. The van der Waals surface area contributed by atoms with Crippen molar-refractivity contribution in [2.45, 2.75) is 0 Å².